The number of nitrogens with one attached hydrogen (secondary N) is 1. The van der Waals surface area contributed by atoms with Gasteiger partial charge in [-0.25, -0.2) is 4.39 Å². The Kier molecular flexibility index (Phi) is 3.96. The number of hydrogen-bond acceptors (Lipinski definition) is 3. The van der Waals surface area contributed by atoms with E-state index in [1.807, 2.05) is 0 Å². The number of carbonyl (C=O) groups is 2. The molecule has 0 aliphatic carbocycles. The summed E-state index contributed by atoms with van der Waals surface area (Å²) in [5, 5.41) is 2.58. The second kappa shape index (κ2) is 5.22. The molecule has 1 rings (SSSR count). The third kappa shape index (κ3) is 3.32. The Bertz CT molecular complexity index is 378. The van der Waals surface area contributed by atoms with Crippen LogP contribution in [0.4, 0.5) is 4.39 Å². The van der Waals surface area contributed by atoms with E-state index in [9.17, 15) is 14.0 Å². The van der Waals surface area contributed by atoms with E-state index in [2.05, 4.69) is 5.32 Å². The number of amides is 2. The molecule has 5 N–H and O–H groups in total. The molecule has 2 amide bonds. The van der Waals surface area contributed by atoms with E-state index in [1.54, 1.807) is 0 Å². The summed E-state index contributed by atoms with van der Waals surface area (Å²) in [5.74, 6) is -2.03. The molecule has 0 unspecified atom stereocenters. The Balaban J connectivity index is 2.59. The lowest BCUT2D eigenvalue weighted by Crippen LogP contribution is -2.49. The summed E-state index contributed by atoms with van der Waals surface area (Å²) < 4.78 is 12.6. The molecular weight excluding hydrogens is 213 g/mol. The van der Waals surface area contributed by atoms with Crippen molar-refractivity contribution in [3.05, 3.63) is 35.6 Å². The minimum Gasteiger partial charge on any atom is -0.368 e. The monoisotopic (exact) mass is 225 g/mol. The van der Waals surface area contributed by atoms with E-state index in [1.165, 1.54) is 24.3 Å². The van der Waals surface area contributed by atoms with Crippen molar-refractivity contribution >= 4 is 11.8 Å². The van der Waals surface area contributed by atoms with Gasteiger partial charge in [-0.2, -0.15) is 0 Å². The van der Waals surface area contributed by atoms with Gasteiger partial charge < -0.3 is 11.5 Å². The van der Waals surface area contributed by atoms with Crippen LogP contribution < -0.4 is 16.8 Å². The van der Waals surface area contributed by atoms with E-state index in [0.29, 0.717) is 5.56 Å². The van der Waals surface area contributed by atoms with Crippen molar-refractivity contribution in [2.24, 2.45) is 11.5 Å². The molecule has 1 aromatic rings. The number of primary amides is 2. The molecule has 5 nitrogen and oxygen atoms in total. The second-order valence-electron chi connectivity index (χ2n) is 3.25. The number of nitrogens with two attached hydrogens (primary N) is 2. The van der Waals surface area contributed by atoms with Crippen LogP contribution in [-0.4, -0.2) is 17.9 Å². The van der Waals surface area contributed by atoms with Crippen LogP contribution in [0.15, 0.2) is 24.3 Å². The largest absolute Gasteiger partial charge is 0.368 e. The lowest BCUT2D eigenvalue weighted by atomic mass is 10.2. The molecule has 0 spiro atoms. The minimum atomic E-state index is -1.22. The molecule has 86 valence electrons. The average Bonchev–Trinajstić information content (AvgIpc) is 2.20. The average molecular weight is 225 g/mol. The highest BCUT2D eigenvalue weighted by Crippen LogP contribution is 2.02. The molecule has 0 saturated carbocycles. The summed E-state index contributed by atoms with van der Waals surface area (Å²) >= 11 is 0. The molecule has 1 aromatic carbocycles. The van der Waals surface area contributed by atoms with Gasteiger partial charge in [-0.3, -0.25) is 14.9 Å². The molecule has 0 atom stereocenters. The van der Waals surface area contributed by atoms with Crippen LogP contribution in [0.25, 0.3) is 0 Å². The van der Waals surface area contributed by atoms with Gasteiger partial charge in [0.15, 0.2) is 6.04 Å². The van der Waals surface area contributed by atoms with Crippen molar-refractivity contribution in [1.29, 1.82) is 0 Å². The highest BCUT2D eigenvalue weighted by Gasteiger charge is 2.20. The SMILES string of the molecule is NC(=O)C(NCc1ccc(F)cc1)C(N)=O. The van der Waals surface area contributed by atoms with Gasteiger partial charge in [-0.1, -0.05) is 12.1 Å². The molecule has 0 aliphatic rings. The van der Waals surface area contributed by atoms with Crippen LogP contribution in [0.3, 0.4) is 0 Å². The molecule has 6 heteroatoms. The van der Waals surface area contributed by atoms with Gasteiger partial charge in [0.25, 0.3) is 0 Å². The van der Waals surface area contributed by atoms with Gasteiger partial charge in [-0.05, 0) is 17.7 Å². The first-order valence-electron chi connectivity index (χ1n) is 4.57. The standard InChI is InChI=1S/C10H12FN3O2/c11-7-3-1-6(2-4-7)5-14-8(9(12)15)10(13)16/h1-4,8,14H,5H2,(H2,12,15)(H2,13,16). The molecule has 0 heterocycles. The fraction of sp³-hybridized carbons (Fsp3) is 0.200. The molecule has 0 aliphatic heterocycles. The smallest absolute Gasteiger partial charge is 0.244 e. The van der Waals surface area contributed by atoms with Gasteiger partial charge in [0, 0.05) is 6.54 Å². The van der Waals surface area contributed by atoms with E-state index in [4.69, 9.17) is 11.5 Å². The van der Waals surface area contributed by atoms with Crippen molar-refractivity contribution < 1.29 is 14.0 Å². The Morgan fingerprint density at radius 1 is 1.19 bits per heavy atom. The molecule has 0 aromatic heterocycles. The Labute approximate surface area is 91.6 Å². The first kappa shape index (κ1) is 12.1. The maximum Gasteiger partial charge on any atom is 0.244 e. The highest BCUT2D eigenvalue weighted by molar-refractivity contribution is 6.02. The lowest BCUT2D eigenvalue weighted by Gasteiger charge is -2.11. The summed E-state index contributed by atoms with van der Waals surface area (Å²) in [6.07, 6.45) is 0. The van der Waals surface area contributed by atoms with Crippen LogP contribution in [0.1, 0.15) is 5.56 Å². The normalized spacial score (nSPS) is 10.4. The number of halogens is 1. The first-order chi connectivity index (χ1) is 7.50. The predicted molar refractivity (Wildman–Crippen MR) is 55.4 cm³/mol. The molecule has 0 bridgehead atoms. The topological polar surface area (TPSA) is 98.2 Å². The zero-order chi connectivity index (χ0) is 12.1. The zero-order valence-electron chi connectivity index (χ0n) is 8.44. The van der Waals surface area contributed by atoms with Crippen molar-refractivity contribution in [2.75, 3.05) is 0 Å². The first-order valence-corrected chi connectivity index (χ1v) is 4.57. The van der Waals surface area contributed by atoms with Crippen molar-refractivity contribution in [3.8, 4) is 0 Å². The lowest BCUT2D eigenvalue weighted by molar-refractivity contribution is -0.128. The van der Waals surface area contributed by atoms with Gasteiger partial charge in [0.1, 0.15) is 5.82 Å². The van der Waals surface area contributed by atoms with Crippen LogP contribution in [0.2, 0.25) is 0 Å². The van der Waals surface area contributed by atoms with Crippen molar-refractivity contribution in [2.45, 2.75) is 12.6 Å². The molecule has 0 fully saturated rings. The number of benzene rings is 1. The summed E-state index contributed by atoms with van der Waals surface area (Å²) in [4.78, 5) is 21.6. The van der Waals surface area contributed by atoms with E-state index >= 15 is 0 Å². The van der Waals surface area contributed by atoms with Crippen molar-refractivity contribution in [3.63, 3.8) is 0 Å². The Hall–Kier alpha value is -1.95. The number of hydrogen-bond donors (Lipinski definition) is 3. The summed E-state index contributed by atoms with van der Waals surface area (Å²) in [6.45, 7) is 0.205. The molecule has 0 saturated heterocycles. The van der Waals surface area contributed by atoms with E-state index < -0.39 is 17.9 Å². The van der Waals surface area contributed by atoms with Crippen LogP contribution in [-0.2, 0) is 16.1 Å². The van der Waals surface area contributed by atoms with Crippen LogP contribution >= 0.6 is 0 Å². The van der Waals surface area contributed by atoms with Crippen molar-refractivity contribution in [1.82, 2.24) is 5.32 Å². The Morgan fingerprint density at radius 2 is 1.69 bits per heavy atom. The quantitative estimate of drug-likeness (QED) is 0.575. The van der Waals surface area contributed by atoms with Gasteiger partial charge >= 0.3 is 0 Å². The van der Waals surface area contributed by atoms with Gasteiger partial charge in [-0.15, -0.1) is 0 Å². The van der Waals surface area contributed by atoms with E-state index in [-0.39, 0.29) is 12.4 Å². The third-order valence-corrected chi connectivity index (χ3v) is 1.99. The highest BCUT2D eigenvalue weighted by atomic mass is 19.1. The predicted octanol–water partition coefficient (Wildman–Crippen LogP) is -0.746. The fourth-order valence-corrected chi connectivity index (χ4v) is 1.16. The maximum atomic E-state index is 12.6. The molecule has 0 radical (unpaired) electrons. The number of rotatable bonds is 5. The van der Waals surface area contributed by atoms with Crippen LogP contribution in [0, 0.1) is 5.82 Å². The molecular formula is C10H12FN3O2. The minimum absolute atomic E-state index is 0.205. The third-order valence-electron chi connectivity index (χ3n) is 1.99. The maximum absolute atomic E-state index is 12.6. The number of carbonyl (C=O) groups excluding carboxylic acids is 2. The van der Waals surface area contributed by atoms with Crippen LogP contribution in [0.5, 0.6) is 0 Å². The summed E-state index contributed by atoms with van der Waals surface area (Å²) in [6, 6.07) is 4.40. The van der Waals surface area contributed by atoms with Gasteiger partial charge in [0.05, 0.1) is 0 Å². The van der Waals surface area contributed by atoms with Gasteiger partial charge in [0.2, 0.25) is 11.8 Å². The summed E-state index contributed by atoms with van der Waals surface area (Å²) in [5.41, 5.74) is 10.6. The second-order valence-corrected chi connectivity index (χ2v) is 3.25. The Morgan fingerprint density at radius 3 is 2.12 bits per heavy atom. The van der Waals surface area contributed by atoms with E-state index in [0.717, 1.165) is 0 Å². The fourth-order valence-electron chi connectivity index (χ4n) is 1.16. The molecule has 16 heavy (non-hydrogen) atoms. The zero-order valence-corrected chi connectivity index (χ0v) is 8.44. The summed E-state index contributed by atoms with van der Waals surface area (Å²) in [7, 11) is 0.